The van der Waals surface area contributed by atoms with Crippen molar-refractivity contribution in [3.8, 4) is 0 Å². The molecule has 82 valence electrons. The van der Waals surface area contributed by atoms with E-state index < -0.39 is 24.0 Å². The van der Waals surface area contributed by atoms with Gasteiger partial charge in [-0.2, -0.15) is 12.6 Å². The van der Waals surface area contributed by atoms with Crippen molar-refractivity contribution in [1.29, 1.82) is 0 Å². The van der Waals surface area contributed by atoms with E-state index in [1.165, 1.54) is 0 Å². The second kappa shape index (κ2) is 6.63. The zero-order chi connectivity index (χ0) is 11.1. The molecule has 0 saturated heterocycles. The largest absolute Gasteiger partial charge is 0.480 e. The summed E-state index contributed by atoms with van der Waals surface area (Å²) in [5, 5.41) is 19.7. The molecular formula is C7H14N2O4S. The smallest absolute Gasteiger partial charge is 0.321 e. The van der Waals surface area contributed by atoms with Gasteiger partial charge in [0.2, 0.25) is 0 Å². The maximum atomic E-state index is 10.6. The quantitative estimate of drug-likeness (QED) is 0.344. The highest BCUT2D eigenvalue weighted by atomic mass is 32.1. The van der Waals surface area contributed by atoms with E-state index in [9.17, 15) is 9.59 Å². The zero-order valence-electron chi connectivity index (χ0n) is 7.51. The molecule has 0 aliphatic carbocycles. The Hall–Kier alpha value is -0.790. The van der Waals surface area contributed by atoms with Gasteiger partial charge in [-0.3, -0.25) is 9.59 Å². The standard InChI is InChI=1S/C7H14N2O4S/c8-4(6(10)11)3-9-5(1-2-14)7(12)13/h4-5,9,14H,1-3,8H2,(H,10,11)(H,12,13)/t4?,5-/m0/s1. The van der Waals surface area contributed by atoms with E-state index in [1.54, 1.807) is 0 Å². The molecule has 0 aliphatic rings. The Bertz CT molecular complexity index is 212. The van der Waals surface area contributed by atoms with E-state index in [1.807, 2.05) is 0 Å². The first-order valence-electron chi connectivity index (χ1n) is 4.04. The van der Waals surface area contributed by atoms with Gasteiger partial charge in [0.1, 0.15) is 12.1 Å². The topological polar surface area (TPSA) is 113 Å². The van der Waals surface area contributed by atoms with E-state index in [2.05, 4.69) is 17.9 Å². The van der Waals surface area contributed by atoms with Crippen molar-refractivity contribution in [2.24, 2.45) is 5.73 Å². The minimum absolute atomic E-state index is 0.0694. The Morgan fingerprint density at radius 3 is 2.29 bits per heavy atom. The summed E-state index contributed by atoms with van der Waals surface area (Å²) in [6.07, 6.45) is 0.324. The fourth-order valence-corrected chi connectivity index (χ4v) is 1.06. The Morgan fingerprint density at radius 2 is 1.93 bits per heavy atom. The molecule has 0 fully saturated rings. The van der Waals surface area contributed by atoms with Crippen molar-refractivity contribution in [1.82, 2.24) is 5.32 Å². The molecule has 0 bridgehead atoms. The molecular weight excluding hydrogens is 208 g/mol. The van der Waals surface area contributed by atoms with E-state index in [4.69, 9.17) is 15.9 Å². The SMILES string of the molecule is NC(CN[C@@H](CCS)C(=O)O)C(=O)O. The lowest BCUT2D eigenvalue weighted by Crippen LogP contribution is -2.46. The first-order valence-corrected chi connectivity index (χ1v) is 4.67. The predicted octanol–water partition coefficient (Wildman–Crippen LogP) is -1.24. The number of rotatable bonds is 7. The molecule has 0 rings (SSSR count). The fourth-order valence-electron chi connectivity index (χ4n) is 0.798. The van der Waals surface area contributed by atoms with Gasteiger partial charge in [0, 0.05) is 6.54 Å². The Balaban J connectivity index is 3.93. The van der Waals surface area contributed by atoms with Crippen LogP contribution in [0.15, 0.2) is 0 Å². The summed E-state index contributed by atoms with van der Waals surface area (Å²) in [6, 6.07) is -1.88. The fraction of sp³-hybridized carbons (Fsp3) is 0.714. The van der Waals surface area contributed by atoms with Crippen LogP contribution in [0.2, 0.25) is 0 Å². The Morgan fingerprint density at radius 1 is 1.36 bits per heavy atom. The van der Waals surface area contributed by atoms with Gasteiger partial charge in [-0.05, 0) is 12.2 Å². The Kier molecular flexibility index (Phi) is 6.26. The van der Waals surface area contributed by atoms with Gasteiger partial charge in [-0.15, -0.1) is 0 Å². The monoisotopic (exact) mass is 222 g/mol. The third kappa shape index (κ3) is 5.05. The number of hydrogen-bond acceptors (Lipinski definition) is 5. The predicted molar refractivity (Wildman–Crippen MR) is 53.5 cm³/mol. The van der Waals surface area contributed by atoms with Crippen molar-refractivity contribution in [3.63, 3.8) is 0 Å². The summed E-state index contributed by atoms with van der Waals surface area (Å²) < 4.78 is 0. The molecule has 0 aromatic carbocycles. The van der Waals surface area contributed by atoms with Crippen LogP contribution in [0.1, 0.15) is 6.42 Å². The number of nitrogens with two attached hydrogens (primary N) is 1. The summed E-state index contributed by atoms with van der Waals surface area (Å²) in [7, 11) is 0. The molecule has 0 aromatic heterocycles. The van der Waals surface area contributed by atoms with Crippen molar-refractivity contribution in [2.45, 2.75) is 18.5 Å². The molecule has 1 unspecified atom stereocenters. The van der Waals surface area contributed by atoms with Crippen LogP contribution in [-0.2, 0) is 9.59 Å². The van der Waals surface area contributed by atoms with Crippen LogP contribution in [0.5, 0.6) is 0 Å². The van der Waals surface area contributed by atoms with Gasteiger partial charge in [0.05, 0.1) is 0 Å². The lowest BCUT2D eigenvalue weighted by Gasteiger charge is -2.14. The van der Waals surface area contributed by atoms with Crippen molar-refractivity contribution in [3.05, 3.63) is 0 Å². The number of carbonyl (C=O) groups is 2. The highest BCUT2D eigenvalue weighted by Gasteiger charge is 2.18. The maximum Gasteiger partial charge on any atom is 0.321 e. The molecule has 0 saturated carbocycles. The average molecular weight is 222 g/mol. The molecule has 0 heterocycles. The van der Waals surface area contributed by atoms with Crippen LogP contribution in [0, 0.1) is 0 Å². The average Bonchev–Trinajstić information content (AvgIpc) is 2.10. The van der Waals surface area contributed by atoms with Crippen LogP contribution < -0.4 is 11.1 Å². The molecule has 0 radical (unpaired) electrons. The van der Waals surface area contributed by atoms with Crippen molar-refractivity contribution < 1.29 is 19.8 Å². The summed E-state index contributed by atoms with van der Waals surface area (Å²) in [5.41, 5.74) is 5.19. The normalized spacial score (nSPS) is 14.7. The van der Waals surface area contributed by atoms with Crippen molar-refractivity contribution >= 4 is 24.6 Å². The number of aliphatic carboxylic acids is 2. The van der Waals surface area contributed by atoms with E-state index >= 15 is 0 Å². The number of carboxylic acid groups (broad SMARTS) is 2. The van der Waals surface area contributed by atoms with Gasteiger partial charge in [0.15, 0.2) is 0 Å². The van der Waals surface area contributed by atoms with Gasteiger partial charge in [0.25, 0.3) is 0 Å². The first kappa shape index (κ1) is 13.2. The molecule has 6 nitrogen and oxygen atoms in total. The van der Waals surface area contributed by atoms with Gasteiger partial charge < -0.3 is 21.3 Å². The third-order valence-corrected chi connectivity index (χ3v) is 1.88. The number of carboxylic acids is 2. The lowest BCUT2D eigenvalue weighted by molar-refractivity contribution is -0.141. The molecule has 2 atom stereocenters. The second-order valence-electron chi connectivity index (χ2n) is 2.76. The molecule has 5 N–H and O–H groups in total. The molecule has 0 aromatic rings. The van der Waals surface area contributed by atoms with Gasteiger partial charge in [-0.1, -0.05) is 0 Å². The Labute approximate surface area is 86.9 Å². The highest BCUT2D eigenvalue weighted by molar-refractivity contribution is 7.80. The number of nitrogens with one attached hydrogen (secondary N) is 1. The lowest BCUT2D eigenvalue weighted by atomic mass is 10.2. The zero-order valence-corrected chi connectivity index (χ0v) is 8.41. The molecule has 0 amide bonds. The van der Waals surface area contributed by atoms with Crippen molar-refractivity contribution in [2.75, 3.05) is 12.3 Å². The van der Waals surface area contributed by atoms with Gasteiger partial charge in [-0.25, -0.2) is 0 Å². The molecule has 0 spiro atoms. The van der Waals surface area contributed by atoms with Crippen LogP contribution >= 0.6 is 12.6 Å². The second-order valence-corrected chi connectivity index (χ2v) is 3.20. The maximum absolute atomic E-state index is 10.6. The van der Waals surface area contributed by atoms with Gasteiger partial charge >= 0.3 is 11.9 Å². The summed E-state index contributed by atoms with van der Waals surface area (Å²) in [4.78, 5) is 20.9. The minimum Gasteiger partial charge on any atom is -0.480 e. The highest BCUT2D eigenvalue weighted by Crippen LogP contribution is 1.94. The molecule has 7 heteroatoms. The van der Waals surface area contributed by atoms with Crippen LogP contribution in [0.3, 0.4) is 0 Å². The summed E-state index contributed by atoms with van der Waals surface area (Å²) in [5.74, 6) is -1.78. The number of hydrogen-bond donors (Lipinski definition) is 5. The first-order chi connectivity index (χ1) is 6.49. The van der Waals surface area contributed by atoms with E-state index in [0.717, 1.165) is 0 Å². The summed E-state index contributed by atoms with van der Waals surface area (Å²) in [6.45, 7) is -0.0694. The third-order valence-electron chi connectivity index (χ3n) is 1.62. The van der Waals surface area contributed by atoms with Crippen LogP contribution in [0.4, 0.5) is 0 Å². The molecule has 0 aliphatic heterocycles. The summed E-state index contributed by atoms with van der Waals surface area (Å²) >= 11 is 3.89. The van der Waals surface area contributed by atoms with E-state index in [-0.39, 0.29) is 6.54 Å². The molecule has 14 heavy (non-hydrogen) atoms. The minimum atomic E-state index is -1.16. The van der Waals surface area contributed by atoms with Crippen LogP contribution in [-0.4, -0.2) is 46.5 Å². The van der Waals surface area contributed by atoms with Crippen LogP contribution in [0.25, 0.3) is 0 Å². The van der Waals surface area contributed by atoms with E-state index in [0.29, 0.717) is 12.2 Å². The number of thiol groups is 1.